The van der Waals surface area contributed by atoms with Gasteiger partial charge in [-0.2, -0.15) is 9.35 Å². The van der Waals surface area contributed by atoms with E-state index in [1.165, 1.54) is 0 Å². The normalized spacial score (nSPS) is 13.3. The van der Waals surface area contributed by atoms with Crippen LogP contribution in [-0.2, 0) is 9.73 Å². The molecule has 0 aliphatic rings. The van der Waals surface area contributed by atoms with Crippen LogP contribution in [0.2, 0.25) is 0 Å². The topological polar surface area (TPSA) is 77.6 Å². The van der Waals surface area contributed by atoms with E-state index < -0.39 is 9.73 Å². The number of hydrogen-bond acceptors (Lipinski definition) is 6. The number of aromatic nitrogens is 2. The van der Waals surface area contributed by atoms with Gasteiger partial charge in [0, 0.05) is 24.1 Å². The van der Waals surface area contributed by atoms with Gasteiger partial charge in [-0.15, -0.1) is 0 Å². The summed E-state index contributed by atoms with van der Waals surface area (Å²) in [7, 11) is -0.990. The molecule has 0 saturated heterocycles. The maximum atomic E-state index is 12.9. The van der Waals surface area contributed by atoms with Gasteiger partial charge in [0.05, 0.1) is 28.1 Å². The first-order chi connectivity index (χ1) is 11.5. The highest BCUT2D eigenvalue weighted by Crippen LogP contribution is 2.32. The van der Waals surface area contributed by atoms with Crippen LogP contribution in [0.15, 0.2) is 62.3 Å². The molecule has 1 atom stereocenters. The minimum absolute atomic E-state index is 0.441. The zero-order chi connectivity index (χ0) is 17.2. The molecule has 0 bridgehead atoms. The van der Waals surface area contributed by atoms with Gasteiger partial charge in [0.1, 0.15) is 5.75 Å². The molecule has 2 aromatic carbocycles. The molecule has 1 aromatic heterocycles. The van der Waals surface area contributed by atoms with Crippen LogP contribution in [0, 0.1) is 6.92 Å². The van der Waals surface area contributed by atoms with Crippen LogP contribution < -0.4 is 4.74 Å². The van der Waals surface area contributed by atoms with Crippen molar-refractivity contribution in [2.75, 3.05) is 13.4 Å². The van der Waals surface area contributed by atoms with Crippen molar-refractivity contribution >= 4 is 15.4 Å². The fraction of sp³-hybridized carbons (Fsp3) is 0.176. The zero-order valence-corrected chi connectivity index (χ0v) is 14.4. The third-order valence-electron chi connectivity index (χ3n) is 3.41. The summed E-state index contributed by atoms with van der Waals surface area (Å²) < 4.78 is 27.7. The summed E-state index contributed by atoms with van der Waals surface area (Å²) >= 11 is 0. The van der Waals surface area contributed by atoms with Crippen molar-refractivity contribution in [3.8, 4) is 17.1 Å². The summed E-state index contributed by atoms with van der Waals surface area (Å²) in [6, 6.07) is 14.4. The molecule has 6 nitrogen and oxygen atoms in total. The van der Waals surface area contributed by atoms with Gasteiger partial charge in [-0.05, 0) is 24.3 Å². The van der Waals surface area contributed by atoms with E-state index in [1.807, 2.05) is 18.2 Å². The second-order valence-electron chi connectivity index (χ2n) is 5.23. The monoisotopic (exact) mass is 343 g/mol. The van der Waals surface area contributed by atoms with E-state index in [4.69, 9.17) is 9.26 Å². The molecule has 1 heterocycles. The molecule has 3 rings (SSSR count). The Morgan fingerprint density at radius 1 is 1.17 bits per heavy atom. The number of aryl methyl sites for hydroxylation is 1. The molecule has 0 amide bonds. The molecule has 0 aliphatic heterocycles. The Kier molecular flexibility index (Phi) is 4.35. The summed E-state index contributed by atoms with van der Waals surface area (Å²) in [6.07, 6.45) is 1.62. The van der Waals surface area contributed by atoms with Crippen molar-refractivity contribution in [1.82, 2.24) is 10.1 Å². The lowest BCUT2D eigenvalue weighted by Gasteiger charge is -2.08. The Morgan fingerprint density at radius 3 is 2.54 bits per heavy atom. The Morgan fingerprint density at radius 2 is 1.92 bits per heavy atom. The smallest absolute Gasteiger partial charge is 0.223 e. The van der Waals surface area contributed by atoms with Gasteiger partial charge in [-0.25, -0.2) is 4.21 Å². The molecule has 0 N–H and O–H groups in total. The van der Waals surface area contributed by atoms with Gasteiger partial charge in [-0.1, -0.05) is 23.4 Å². The average Bonchev–Trinajstić information content (AvgIpc) is 3.01. The number of methoxy groups -OCH3 is 1. The van der Waals surface area contributed by atoms with Gasteiger partial charge in [0.25, 0.3) is 0 Å². The number of benzene rings is 2. The lowest BCUT2D eigenvalue weighted by molar-refractivity contribution is 0.393. The average molecular weight is 343 g/mol. The van der Waals surface area contributed by atoms with Crippen molar-refractivity contribution in [3.05, 3.63) is 54.4 Å². The summed E-state index contributed by atoms with van der Waals surface area (Å²) in [5.74, 6) is 1.46. The lowest BCUT2D eigenvalue weighted by Crippen LogP contribution is -1.96. The minimum Gasteiger partial charge on any atom is -0.496 e. The van der Waals surface area contributed by atoms with E-state index in [2.05, 4.69) is 14.5 Å². The van der Waals surface area contributed by atoms with E-state index in [9.17, 15) is 4.21 Å². The summed E-state index contributed by atoms with van der Waals surface area (Å²) in [5.41, 5.74) is 1.25. The fourth-order valence-electron chi connectivity index (χ4n) is 2.26. The van der Waals surface area contributed by atoms with E-state index >= 15 is 0 Å². The largest absolute Gasteiger partial charge is 0.496 e. The summed E-state index contributed by atoms with van der Waals surface area (Å²) in [6.45, 7) is 1.72. The highest BCUT2D eigenvalue weighted by Gasteiger charge is 2.13. The number of rotatable bonds is 4. The van der Waals surface area contributed by atoms with Gasteiger partial charge in [-0.3, -0.25) is 0 Å². The van der Waals surface area contributed by atoms with E-state index in [1.54, 1.807) is 50.6 Å². The predicted octanol–water partition coefficient (Wildman–Crippen LogP) is 3.84. The SMILES string of the molecule is COc1cc(N=S(C)(=O)c2ccccc2)ccc1-c1noc(C)n1. The molecule has 0 fully saturated rings. The van der Waals surface area contributed by atoms with Crippen molar-refractivity contribution in [3.63, 3.8) is 0 Å². The first kappa shape index (κ1) is 16.2. The molecule has 0 saturated carbocycles. The van der Waals surface area contributed by atoms with Crippen LogP contribution in [0.3, 0.4) is 0 Å². The minimum atomic E-state index is -2.54. The van der Waals surface area contributed by atoms with Gasteiger partial charge >= 0.3 is 0 Å². The van der Waals surface area contributed by atoms with Crippen molar-refractivity contribution < 1.29 is 13.5 Å². The molecule has 124 valence electrons. The van der Waals surface area contributed by atoms with E-state index in [0.717, 1.165) is 0 Å². The first-order valence-electron chi connectivity index (χ1n) is 7.25. The fourth-order valence-corrected chi connectivity index (χ4v) is 3.54. The van der Waals surface area contributed by atoms with Crippen molar-refractivity contribution in [2.45, 2.75) is 11.8 Å². The van der Waals surface area contributed by atoms with Crippen LogP contribution in [0.5, 0.6) is 5.75 Å². The van der Waals surface area contributed by atoms with Gasteiger partial charge < -0.3 is 9.26 Å². The van der Waals surface area contributed by atoms with Crippen molar-refractivity contribution in [1.29, 1.82) is 0 Å². The molecule has 0 aliphatic carbocycles. The molecular formula is C17H17N3O3S. The summed E-state index contributed by atoms with van der Waals surface area (Å²) in [4.78, 5) is 4.88. The maximum Gasteiger partial charge on any atom is 0.223 e. The second kappa shape index (κ2) is 6.45. The third-order valence-corrected chi connectivity index (χ3v) is 5.12. The highest BCUT2D eigenvalue weighted by atomic mass is 32.2. The quantitative estimate of drug-likeness (QED) is 0.719. The number of nitrogens with zero attached hydrogens (tertiary/aromatic N) is 3. The van der Waals surface area contributed by atoms with Crippen molar-refractivity contribution in [2.24, 2.45) is 4.36 Å². The predicted molar refractivity (Wildman–Crippen MR) is 91.9 cm³/mol. The molecule has 24 heavy (non-hydrogen) atoms. The number of hydrogen-bond donors (Lipinski definition) is 0. The molecule has 0 radical (unpaired) electrons. The zero-order valence-electron chi connectivity index (χ0n) is 13.6. The molecule has 7 heteroatoms. The Labute approximate surface area is 140 Å². The molecule has 1 unspecified atom stereocenters. The van der Waals surface area contributed by atoms with Gasteiger partial charge in [0.15, 0.2) is 0 Å². The Bertz CT molecular complexity index is 974. The second-order valence-corrected chi connectivity index (χ2v) is 7.49. The summed E-state index contributed by atoms with van der Waals surface area (Å²) in [5, 5.41) is 3.89. The van der Waals surface area contributed by atoms with Crippen LogP contribution in [0.25, 0.3) is 11.4 Å². The Balaban J connectivity index is 2.04. The van der Waals surface area contributed by atoms with Crippen LogP contribution in [-0.4, -0.2) is 27.7 Å². The molecular weight excluding hydrogens is 326 g/mol. The first-order valence-corrected chi connectivity index (χ1v) is 9.18. The maximum absolute atomic E-state index is 12.9. The van der Waals surface area contributed by atoms with Crippen LogP contribution in [0.4, 0.5) is 5.69 Å². The Hall–Kier alpha value is -2.67. The van der Waals surface area contributed by atoms with E-state index in [0.29, 0.717) is 33.6 Å². The third kappa shape index (κ3) is 3.30. The highest BCUT2D eigenvalue weighted by molar-refractivity contribution is 7.93. The van der Waals surface area contributed by atoms with Crippen LogP contribution >= 0.6 is 0 Å². The number of ether oxygens (including phenoxy) is 1. The molecule has 0 spiro atoms. The standard InChI is InChI=1S/C17H17N3O3S/c1-12-18-17(19-23-12)15-10-9-13(11-16(15)22-2)20-24(3,21)14-7-5-4-6-8-14/h4-11H,1-3H3. The van der Waals surface area contributed by atoms with E-state index in [-0.39, 0.29) is 0 Å². The van der Waals surface area contributed by atoms with Gasteiger partial charge in [0.2, 0.25) is 11.7 Å². The lowest BCUT2D eigenvalue weighted by atomic mass is 10.1. The molecule has 3 aromatic rings. The van der Waals surface area contributed by atoms with Crippen LogP contribution in [0.1, 0.15) is 5.89 Å².